The smallest absolute Gasteiger partial charge is 0.365 e. The fourth-order valence-corrected chi connectivity index (χ4v) is 1.46. The second kappa shape index (κ2) is 4.70. The molecule has 0 fully saturated rings. The summed E-state index contributed by atoms with van der Waals surface area (Å²) < 4.78 is 0. The van der Waals surface area contributed by atoms with Crippen LogP contribution in [0.1, 0.15) is 19.5 Å². The lowest BCUT2D eigenvalue weighted by Crippen LogP contribution is -2.02. The first-order valence-electron chi connectivity index (χ1n) is 4.09. The van der Waals surface area contributed by atoms with Crippen LogP contribution in [0.4, 0.5) is 0 Å². The Labute approximate surface area is 90.7 Å². The average molecular weight is 226 g/mol. The zero-order chi connectivity index (χ0) is 11.4. The summed E-state index contributed by atoms with van der Waals surface area (Å²) in [7, 11) is 3.58. The Morgan fingerprint density at radius 3 is 2.67 bits per heavy atom. The number of carboxylic acids is 1. The summed E-state index contributed by atoms with van der Waals surface area (Å²) in [6.07, 6.45) is 4.25. The zero-order valence-corrected chi connectivity index (χ0v) is 9.11. The fourth-order valence-electron chi connectivity index (χ4n) is 0.786. The number of carbonyl (C=O) groups is 2. The molecule has 0 saturated carbocycles. The van der Waals surface area contributed by atoms with E-state index in [1.165, 1.54) is 12.3 Å². The largest absolute Gasteiger partial charge is 0.476 e. The summed E-state index contributed by atoms with van der Waals surface area (Å²) in [5, 5.41) is 8.54. The van der Waals surface area contributed by atoms with Crippen LogP contribution < -0.4 is 0 Å². The minimum Gasteiger partial charge on any atom is -0.476 e. The number of rotatable bonds is 4. The van der Waals surface area contributed by atoms with Crippen LogP contribution >= 0.6 is 11.3 Å². The minimum absolute atomic E-state index is 0.0726. The third-order valence-corrected chi connectivity index (χ3v) is 2.46. The number of allylic oxidation sites excluding steroid dienone is 1. The maximum absolute atomic E-state index is 11.4. The van der Waals surface area contributed by atoms with E-state index in [1.54, 1.807) is 25.2 Å². The number of thiazole rings is 1. The van der Waals surface area contributed by atoms with Crippen molar-refractivity contribution in [2.24, 2.45) is 0 Å². The Morgan fingerprint density at radius 1 is 1.53 bits per heavy atom. The van der Waals surface area contributed by atoms with Crippen LogP contribution in [0.2, 0.25) is 0 Å². The van der Waals surface area contributed by atoms with Gasteiger partial charge in [-0.1, -0.05) is 0 Å². The van der Waals surface area contributed by atoms with Gasteiger partial charge in [-0.25, -0.2) is 9.78 Å². The van der Waals surface area contributed by atoms with E-state index in [2.05, 4.69) is 4.98 Å². The normalized spacial score (nSPS) is 10.5. The molecule has 0 radical (unpaired) electrons. The topological polar surface area (TPSA) is 70.5 Å². The molecule has 0 aliphatic heterocycles. The van der Waals surface area contributed by atoms with E-state index in [4.69, 9.17) is 5.11 Å². The molecule has 0 saturated heterocycles. The summed E-state index contributed by atoms with van der Waals surface area (Å²) in [5.41, 5.74) is 0. The second-order valence-corrected chi connectivity index (χ2v) is 4.01. The third-order valence-electron chi connectivity index (χ3n) is 1.46. The zero-order valence-electron chi connectivity index (χ0n) is 8.30. The Morgan fingerprint density at radius 2 is 2.20 bits per heavy atom. The van der Waals surface area contributed by atoms with E-state index in [9.17, 15) is 9.59 Å². The molecule has 1 aromatic rings. The van der Waals surface area contributed by atoms with Gasteiger partial charge in [-0.05, 0) is 0 Å². The van der Waals surface area contributed by atoms with Gasteiger partial charge in [-0.3, -0.25) is 4.79 Å². The first-order chi connectivity index (χ1) is 7.00. The summed E-state index contributed by atoms with van der Waals surface area (Å²) in [5.74, 6) is -1.36. The van der Waals surface area contributed by atoms with Gasteiger partial charge < -0.3 is 10.0 Å². The van der Waals surface area contributed by atoms with Gasteiger partial charge in [0.05, 0.1) is 11.1 Å². The average Bonchev–Trinajstić information content (AvgIpc) is 2.62. The number of carbonyl (C=O) groups excluding carboxylic acids is 1. The molecule has 1 heterocycles. The standard InChI is InChI=1S/C9H10N2O3S/c1-11(2)4-3-6(12)7-5-10-8(15-7)9(13)14/h3-5H,1-2H3,(H,13,14). The van der Waals surface area contributed by atoms with E-state index in [-0.39, 0.29) is 10.8 Å². The maximum atomic E-state index is 11.4. The van der Waals surface area contributed by atoms with Crippen molar-refractivity contribution in [2.75, 3.05) is 14.1 Å². The van der Waals surface area contributed by atoms with Crippen molar-refractivity contribution < 1.29 is 14.7 Å². The monoisotopic (exact) mass is 226 g/mol. The van der Waals surface area contributed by atoms with E-state index in [0.29, 0.717) is 4.88 Å². The van der Waals surface area contributed by atoms with Crippen molar-refractivity contribution in [3.05, 3.63) is 28.4 Å². The number of aromatic carboxylic acids is 1. The molecule has 80 valence electrons. The van der Waals surface area contributed by atoms with E-state index in [0.717, 1.165) is 11.3 Å². The number of aromatic nitrogens is 1. The molecular formula is C9H10N2O3S. The lowest BCUT2D eigenvalue weighted by Gasteiger charge is -2.01. The van der Waals surface area contributed by atoms with Crippen LogP contribution in [-0.4, -0.2) is 40.8 Å². The summed E-state index contributed by atoms with van der Waals surface area (Å²) in [4.78, 5) is 27.6. The number of nitrogens with zero attached hydrogens (tertiary/aromatic N) is 2. The molecule has 0 unspecified atom stereocenters. The van der Waals surface area contributed by atoms with Crippen LogP contribution in [0.15, 0.2) is 18.5 Å². The Kier molecular flexibility index (Phi) is 3.56. The second-order valence-electron chi connectivity index (χ2n) is 2.98. The molecule has 0 aromatic carbocycles. The van der Waals surface area contributed by atoms with Gasteiger partial charge >= 0.3 is 5.97 Å². The molecular weight excluding hydrogens is 216 g/mol. The molecule has 0 spiro atoms. The van der Waals surface area contributed by atoms with Gasteiger partial charge in [0.15, 0.2) is 5.78 Å². The molecule has 0 amide bonds. The van der Waals surface area contributed by atoms with Gasteiger partial charge in [0, 0.05) is 26.4 Å². The highest BCUT2D eigenvalue weighted by molar-refractivity contribution is 7.15. The molecule has 1 rings (SSSR count). The molecule has 0 aliphatic carbocycles. The van der Waals surface area contributed by atoms with Gasteiger partial charge in [-0.15, -0.1) is 11.3 Å². The first kappa shape index (κ1) is 11.4. The molecule has 1 N–H and O–H groups in total. The predicted octanol–water partition coefficient (Wildman–Crippen LogP) is 1.10. The minimum atomic E-state index is -1.12. The van der Waals surface area contributed by atoms with Crippen LogP contribution in [0.25, 0.3) is 0 Å². The highest BCUT2D eigenvalue weighted by Crippen LogP contribution is 2.13. The highest BCUT2D eigenvalue weighted by Gasteiger charge is 2.12. The summed E-state index contributed by atoms with van der Waals surface area (Å²) in [6.45, 7) is 0. The van der Waals surface area contributed by atoms with Crippen molar-refractivity contribution in [1.29, 1.82) is 0 Å². The van der Waals surface area contributed by atoms with Crippen molar-refractivity contribution in [3.8, 4) is 0 Å². The number of ketones is 1. The molecule has 0 aliphatic rings. The Hall–Kier alpha value is -1.69. The highest BCUT2D eigenvalue weighted by atomic mass is 32.1. The van der Waals surface area contributed by atoms with Gasteiger partial charge in [0.1, 0.15) is 0 Å². The first-order valence-corrected chi connectivity index (χ1v) is 4.90. The van der Waals surface area contributed by atoms with Crippen molar-refractivity contribution in [1.82, 2.24) is 9.88 Å². The van der Waals surface area contributed by atoms with Gasteiger partial charge in [0.25, 0.3) is 0 Å². The number of carboxylic acid groups (broad SMARTS) is 1. The lowest BCUT2D eigenvalue weighted by atomic mass is 10.3. The van der Waals surface area contributed by atoms with Crippen LogP contribution in [0.3, 0.4) is 0 Å². The third kappa shape index (κ3) is 3.17. The quantitative estimate of drug-likeness (QED) is 0.615. The maximum Gasteiger partial charge on any atom is 0.365 e. The number of hydrogen-bond donors (Lipinski definition) is 1. The molecule has 5 nitrogen and oxygen atoms in total. The summed E-state index contributed by atoms with van der Waals surface area (Å²) in [6, 6.07) is 0. The van der Waals surface area contributed by atoms with E-state index in [1.807, 2.05) is 0 Å². The van der Waals surface area contributed by atoms with E-state index < -0.39 is 5.97 Å². The van der Waals surface area contributed by atoms with Crippen molar-refractivity contribution in [2.45, 2.75) is 0 Å². The SMILES string of the molecule is CN(C)C=CC(=O)c1cnc(C(=O)O)s1. The van der Waals surface area contributed by atoms with Crippen LogP contribution in [-0.2, 0) is 0 Å². The van der Waals surface area contributed by atoms with E-state index >= 15 is 0 Å². The molecule has 15 heavy (non-hydrogen) atoms. The molecule has 0 atom stereocenters. The Bertz CT molecular complexity index is 409. The predicted molar refractivity (Wildman–Crippen MR) is 56.2 cm³/mol. The van der Waals surface area contributed by atoms with Gasteiger partial charge in [-0.2, -0.15) is 0 Å². The lowest BCUT2D eigenvalue weighted by molar-refractivity contribution is 0.0696. The molecule has 6 heteroatoms. The fraction of sp³-hybridized carbons (Fsp3) is 0.222. The number of hydrogen-bond acceptors (Lipinski definition) is 5. The van der Waals surface area contributed by atoms with Crippen LogP contribution in [0.5, 0.6) is 0 Å². The summed E-state index contributed by atoms with van der Waals surface area (Å²) >= 11 is 0.871. The van der Waals surface area contributed by atoms with Crippen LogP contribution in [0, 0.1) is 0 Å². The molecule has 1 aromatic heterocycles. The van der Waals surface area contributed by atoms with Gasteiger partial charge in [0.2, 0.25) is 5.01 Å². The van der Waals surface area contributed by atoms with Crippen molar-refractivity contribution in [3.63, 3.8) is 0 Å². The molecule has 0 bridgehead atoms. The van der Waals surface area contributed by atoms with Crippen molar-refractivity contribution >= 4 is 23.1 Å². The Balaban J connectivity index is 2.79.